The predicted octanol–water partition coefficient (Wildman–Crippen LogP) is 4.48. The molecule has 29 heavy (non-hydrogen) atoms. The second-order valence-electron chi connectivity index (χ2n) is 6.07. The van der Waals surface area contributed by atoms with Crippen molar-refractivity contribution in [2.45, 2.75) is 30.4 Å². The standard InChI is InChI=1S/C20H20FN3O4S/c1-12(27-17-7-5-4-6-16(17)21)19-23-24-20(28-19)29-13(2)18(25)22-14-8-10-15(26-3)11-9-14/h4-13H,1-3H3,(H,22,25)/t12-,13+/m1/s1. The van der Waals surface area contributed by atoms with E-state index in [-0.39, 0.29) is 22.8 Å². The summed E-state index contributed by atoms with van der Waals surface area (Å²) >= 11 is 1.12. The Morgan fingerprint density at radius 2 is 1.86 bits per heavy atom. The Kier molecular flexibility index (Phi) is 6.71. The maximum atomic E-state index is 13.7. The van der Waals surface area contributed by atoms with Crippen LogP contribution in [0.4, 0.5) is 10.1 Å². The number of halogens is 1. The SMILES string of the molecule is COc1ccc(NC(=O)[C@H](C)Sc2nnc([C@@H](C)Oc3ccccc3F)o2)cc1. The van der Waals surface area contributed by atoms with Gasteiger partial charge in [0, 0.05) is 5.69 Å². The van der Waals surface area contributed by atoms with E-state index in [0.717, 1.165) is 11.8 Å². The Morgan fingerprint density at radius 3 is 2.55 bits per heavy atom. The molecule has 0 fully saturated rings. The van der Waals surface area contributed by atoms with E-state index in [9.17, 15) is 9.18 Å². The second kappa shape index (κ2) is 9.42. The van der Waals surface area contributed by atoms with Crippen LogP contribution in [0.3, 0.4) is 0 Å². The molecule has 0 aliphatic carbocycles. The number of methoxy groups -OCH3 is 1. The molecular formula is C20H20FN3O4S. The molecule has 0 saturated heterocycles. The Bertz CT molecular complexity index is 964. The fourth-order valence-corrected chi connectivity index (χ4v) is 3.03. The lowest BCUT2D eigenvalue weighted by molar-refractivity contribution is -0.115. The van der Waals surface area contributed by atoms with Crippen molar-refractivity contribution in [1.82, 2.24) is 10.2 Å². The van der Waals surface area contributed by atoms with Crippen LogP contribution < -0.4 is 14.8 Å². The average molecular weight is 417 g/mol. The molecule has 1 amide bonds. The number of carbonyl (C=O) groups is 1. The lowest BCUT2D eigenvalue weighted by Crippen LogP contribution is -2.22. The maximum absolute atomic E-state index is 13.7. The molecule has 0 radical (unpaired) electrons. The fraction of sp³-hybridized carbons (Fsp3) is 0.250. The second-order valence-corrected chi connectivity index (χ2v) is 7.37. The first-order chi connectivity index (χ1) is 14.0. The van der Waals surface area contributed by atoms with Crippen LogP contribution in [0, 0.1) is 5.82 Å². The third kappa shape index (κ3) is 5.47. The predicted molar refractivity (Wildman–Crippen MR) is 107 cm³/mol. The fourth-order valence-electron chi connectivity index (χ4n) is 2.34. The number of ether oxygens (including phenoxy) is 2. The van der Waals surface area contributed by atoms with E-state index in [1.54, 1.807) is 57.4 Å². The number of hydrogen-bond acceptors (Lipinski definition) is 7. The van der Waals surface area contributed by atoms with Crippen LogP contribution >= 0.6 is 11.8 Å². The summed E-state index contributed by atoms with van der Waals surface area (Å²) in [5.74, 6) is 0.307. The topological polar surface area (TPSA) is 86.5 Å². The number of nitrogens with one attached hydrogen (secondary N) is 1. The molecule has 2 aromatic carbocycles. The molecule has 152 valence electrons. The molecule has 1 heterocycles. The number of hydrogen-bond donors (Lipinski definition) is 1. The lowest BCUT2D eigenvalue weighted by Gasteiger charge is -2.11. The average Bonchev–Trinajstić information content (AvgIpc) is 3.19. The van der Waals surface area contributed by atoms with E-state index >= 15 is 0 Å². The zero-order valence-electron chi connectivity index (χ0n) is 16.1. The van der Waals surface area contributed by atoms with Gasteiger partial charge in [0.25, 0.3) is 11.1 Å². The van der Waals surface area contributed by atoms with Gasteiger partial charge in [-0.2, -0.15) is 0 Å². The molecule has 1 N–H and O–H groups in total. The lowest BCUT2D eigenvalue weighted by atomic mass is 10.3. The highest BCUT2D eigenvalue weighted by Gasteiger charge is 2.21. The van der Waals surface area contributed by atoms with Crippen molar-refractivity contribution in [2.24, 2.45) is 0 Å². The van der Waals surface area contributed by atoms with Crippen molar-refractivity contribution in [3.63, 3.8) is 0 Å². The van der Waals surface area contributed by atoms with E-state index in [0.29, 0.717) is 11.4 Å². The van der Waals surface area contributed by atoms with Crippen LogP contribution in [0.15, 0.2) is 58.2 Å². The van der Waals surface area contributed by atoms with Crippen molar-refractivity contribution in [3.8, 4) is 11.5 Å². The molecule has 9 heteroatoms. The summed E-state index contributed by atoms with van der Waals surface area (Å²) in [6.45, 7) is 3.40. The number of aromatic nitrogens is 2. The van der Waals surface area contributed by atoms with Gasteiger partial charge in [-0.15, -0.1) is 10.2 Å². The van der Waals surface area contributed by atoms with Crippen molar-refractivity contribution in [3.05, 3.63) is 60.2 Å². The minimum absolute atomic E-state index is 0.0969. The van der Waals surface area contributed by atoms with E-state index in [1.807, 2.05) is 0 Å². The summed E-state index contributed by atoms with van der Waals surface area (Å²) < 4.78 is 29.9. The van der Waals surface area contributed by atoms with Gasteiger partial charge in [-0.05, 0) is 50.2 Å². The molecule has 0 spiro atoms. The van der Waals surface area contributed by atoms with Gasteiger partial charge in [-0.1, -0.05) is 23.9 Å². The summed E-state index contributed by atoms with van der Waals surface area (Å²) in [7, 11) is 1.58. The summed E-state index contributed by atoms with van der Waals surface area (Å²) in [5.41, 5.74) is 0.654. The number of rotatable bonds is 8. The highest BCUT2D eigenvalue weighted by Crippen LogP contribution is 2.28. The first-order valence-electron chi connectivity index (χ1n) is 8.82. The van der Waals surface area contributed by atoms with Crippen LogP contribution in [0.25, 0.3) is 0 Å². The minimum atomic E-state index is -0.641. The number of thioether (sulfide) groups is 1. The summed E-state index contributed by atoms with van der Waals surface area (Å²) in [4.78, 5) is 12.4. The third-order valence-electron chi connectivity index (χ3n) is 3.91. The molecular weight excluding hydrogens is 397 g/mol. The van der Waals surface area contributed by atoms with Gasteiger partial charge in [0.15, 0.2) is 17.7 Å². The normalized spacial score (nSPS) is 12.8. The quantitative estimate of drug-likeness (QED) is 0.541. The van der Waals surface area contributed by atoms with Gasteiger partial charge >= 0.3 is 0 Å². The molecule has 0 aliphatic heterocycles. The van der Waals surface area contributed by atoms with Gasteiger partial charge in [-0.3, -0.25) is 4.79 Å². The minimum Gasteiger partial charge on any atom is -0.497 e. The first kappa shape index (κ1) is 20.7. The number of benzene rings is 2. The molecule has 0 unspecified atom stereocenters. The highest BCUT2D eigenvalue weighted by atomic mass is 32.2. The monoisotopic (exact) mass is 417 g/mol. The van der Waals surface area contributed by atoms with Crippen molar-refractivity contribution in [1.29, 1.82) is 0 Å². The van der Waals surface area contributed by atoms with Crippen LogP contribution in [-0.4, -0.2) is 28.5 Å². The van der Waals surface area contributed by atoms with Gasteiger partial charge in [0.1, 0.15) is 5.75 Å². The Labute approximate surface area is 171 Å². The van der Waals surface area contributed by atoms with Crippen molar-refractivity contribution >= 4 is 23.4 Å². The molecule has 0 aliphatic rings. The number of anilines is 1. The summed E-state index contributed by atoms with van der Waals surface area (Å²) in [6.07, 6.45) is -0.641. The van der Waals surface area contributed by atoms with Crippen LogP contribution in [-0.2, 0) is 4.79 Å². The summed E-state index contributed by atoms with van der Waals surface area (Å²) in [6, 6.07) is 13.1. The molecule has 7 nitrogen and oxygen atoms in total. The van der Waals surface area contributed by atoms with Crippen molar-refractivity contribution < 1.29 is 23.1 Å². The largest absolute Gasteiger partial charge is 0.497 e. The first-order valence-corrected chi connectivity index (χ1v) is 9.70. The maximum Gasteiger partial charge on any atom is 0.277 e. The molecule has 1 aromatic heterocycles. The van der Waals surface area contributed by atoms with E-state index in [2.05, 4.69) is 15.5 Å². The van der Waals surface area contributed by atoms with Gasteiger partial charge in [0.2, 0.25) is 5.91 Å². The third-order valence-corrected chi connectivity index (χ3v) is 4.85. The molecule has 3 aromatic rings. The van der Waals surface area contributed by atoms with Gasteiger partial charge in [0.05, 0.1) is 12.4 Å². The zero-order valence-corrected chi connectivity index (χ0v) is 16.9. The zero-order chi connectivity index (χ0) is 20.8. The van der Waals surface area contributed by atoms with Gasteiger partial charge < -0.3 is 19.2 Å². The van der Waals surface area contributed by atoms with Crippen molar-refractivity contribution in [2.75, 3.05) is 12.4 Å². The number of nitrogens with zero attached hydrogens (tertiary/aromatic N) is 2. The molecule has 0 bridgehead atoms. The molecule has 3 rings (SSSR count). The number of amides is 1. The van der Waals surface area contributed by atoms with Crippen LogP contribution in [0.5, 0.6) is 11.5 Å². The van der Waals surface area contributed by atoms with E-state index < -0.39 is 17.2 Å². The van der Waals surface area contributed by atoms with Gasteiger partial charge in [-0.25, -0.2) is 4.39 Å². The van der Waals surface area contributed by atoms with E-state index in [4.69, 9.17) is 13.9 Å². The smallest absolute Gasteiger partial charge is 0.277 e. The molecule has 0 saturated carbocycles. The molecule has 2 atom stereocenters. The highest BCUT2D eigenvalue weighted by molar-refractivity contribution is 8.00. The van der Waals surface area contributed by atoms with Crippen LogP contribution in [0.1, 0.15) is 25.8 Å². The number of carbonyl (C=O) groups excluding carboxylic acids is 1. The number of para-hydroxylation sites is 1. The Morgan fingerprint density at radius 1 is 1.14 bits per heavy atom. The Hall–Kier alpha value is -3.07. The Balaban J connectivity index is 1.56. The summed E-state index contributed by atoms with van der Waals surface area (Å²) in [5, 5.41) is 10.4. The van der Waals surface area contributed by atoms with E-state index in [1.165, 1.54) is 12.1 Å². The van der Waals surface area contributed by atoms with Crippen LogP contribution in [0.2, 0.25) is 0 Å².